The first-order valence-electron chi connectivity index (χ1n) is 9.63. The first-order valence-corrected chi connectivity index (χ1v) is 10.5. The third-order valence-electron chi connectivity index (χ3n) is 4.76. The molecule has 6 heteroatoms. The van der Waals surface area contributed by atoms with Crippen molar-refractivity contribution >= 4 is 17.2 Å². The van der Waals surface area contributed by atoms with E-state index in [1.165, 1.54) is 16.9 Å². The van der Waals surface area contributed by atoms with Crippen LogP contribution in [0.5, 0.6) is 11.5 Å². The molecule has 0 saturated carbocycles. The molecule has 152 valence electrons. The summed E-state index contributed by atoms with van der Waals surface area (Å²) in [7, 11) is 3.23. The van der Waals surface area contributed by atoms with Gasteiger partial charge in [-0.1, -0.05) is 30.3 Å². The number of aromatic nitrogens is 1. The number of amides is 1. The zero-order valence-corrected chi connectivity index (χ0v) is 17.9. The predicted molar refractivity (Wildman–Crippen MR) is 117 cm³/mol. The molecule has 0 aliphatic carbocycles. The van der Waals surface area contributed by atoms with E-state index in [1.54, 1.807) is 14.2 Å². The molecule has 0 unspecified atom stereocenters. The fraction of sp³-hybridized carbons (Fsp3) is 0.304. The molecule has 0 N–H and O–H groups in total. The van der Waals surface area contributed by atoms with E-state index >= 15 is 0 Å². The van der Waals surface area contributed by atoms with Gasteiger partial charge < -0.3 is 14.4 Å². The summed E-state index contributed by atoms with van der Waals surface area (Å²) >= 11 is 1.53. The number of thiazole rings is 1. The lowest BCUT2D eigenvalue weighted by Gasteiger charge is -2.20. The van der Waals surface area contributed by atoms with Gasteiger partial charge in [0.15, 0.2) is 11.5 Å². The summed E-state index contributed by atoms with van der Waals surface area (Å²) in [5.74, 6) is 1.45. The zero-order chi connectivity index (χ0) is 20.6. The van der Waals surface area contributed by atoms with Gasteiger partial charge in [-0.3, -0.25) is 4.79 Å². The summed E-state index contributed by atoms with van der Waals surface area (Å²) in [5.41, 5.74) is 2.98. The number of benzene rings is 2. The molecule has 1 aromatic heterocycles. The molecule has 29 heavy (non-hydrogen) atoms. The van der Waals surface area contributed by atoms with Crippen molar-refractivity contribution in [3.8, 4) is 22.1 Å². The van der Waals surface area contributed by atoms with Gasteiger partial charge in [0.25, 0.3) is 0 Å². The summed E-state index contributed by atoms with van der Waals surface area (Å²) in [5, 5.41) is 2.82. The van der Waals surface area contributed by atoms with E-state index in [1.807, 2.05) is 53.6 Å². The van der Waals surface area contributed by atoms with Gasteiger partial charge in [-0.05, 0) is 37.1 Å². The highest BCUT2D eigenvalue weighted by molar-refractivity contribution is 7.13. The molecule has 0 radical (unpaired) electrons. The smallest absolute Gasteiger partial charge is 0.228 e. The van der Waals surface area contributed by atoms with Gasteiger partial charge in [0.05, 0.1) is 26.3 Å². The van der Waals surface area contributed by atoms with Gasteiger partial charge >= 0.3 is 0 Å². The van der Waals surface area contributed by atoms with Crippen molar-refractivity contribution in [2.24, 2.45) is 0 Å². The quantitative estimate of drug-likeness (QED) is 0.523. The van der Waals surface area contributed by atoms with Crippen molar-refractivity contribution in [3.63, 3.8) is 0 Å². The Kier molecular flexibility index (Phi) is 7.25. The number of hydrogen-bond acceptors (Lipinski definition) is 5. The SMILES string of the molecule is CCN(CCc1ccccc1)C(=O)Cc1csc(-c2ccc(OC)c(OC)c2)n1. The minimum absolute atomic E-state index is 0.104. The van der Waals surface area contributed by atoms with Crippen LogP contribution in [-0.4, -0.2) is 43.1 Å². The molecular weight excluding hydrogens is 384 g/mol. The summed E-state index contributed by atoms with van der Waals surface area (Å²) in [6, 6.07) is 16.0. The number of ether oxygens (including phenoxy) is 2. The maximum Gasteiger partial charge on any atom is 0.228 e. The van der Waals surface area contributed by atoms with Crippen LogP contribution >= 0.6 is 11.3 Å². The minimum atomic E-state index is 0.104. The fourth-order valence-electron chi connectivity index (χ4n) is 3.12. The van der Waals surface area contributed by atoms with Crippen LogP contribution in [0.1, 0.15) is 18.2 Å². The molecule has 3 rings (SSSR count). The molecule has 1 heterocycles. The minimum Gasteiger partial charge on any atom is -0.493 e. The molecule has 2 aromatic carbocycles. The lowest BCUT2D eigenvalue weighted by atomic mass is 10.1. The normalized spacial score (nSPS) is 10.6. The second-order valence-electron chi connectivity index (χ2n) is 6.60. The standard InChI is InChI=1S/C23H26N2O3S/c1-4-25(13-12-17-8-6-5-7-9-17)22(26)15-19-16-29-23(24-19)18-10-11-20(27-2)21(14-18)28-3/h5-11,14,16H,4,12-13,15H2,1-3H3. The van der Waals surface area contributed by atoms with E-state index in [4.69, 9.17) is 9.47 Å². The molecular formula is C23H26N2O3S. The first-order chi connectivity index (χ1) is 14.1. The third kappa shape index (κ3) is 5.35. The van der Waals surface area contributed by atoms with Crippen LogP contribution < -0.4 is 9.47 Å². The molecule has 0 aliphatic rings. The van der Waals surface area contributed by atoms with E-state index in [2.05, 4.69) is 17.1 Å². The summed E-state index contributed by atoms with van der Waals surface area (Å²) in [6.07, 6.45) is 1.17. The highest BCUT2D eigenvalue weighted by atomic mass is 32.1. The van der Waals surface area contributed by atoms with Crippen molar-refractivity contribution in [1.82, 2.24) is 9.88 Å². The Labute approximate surface area is 175 Å². The molecule has 0 aliphatic heterocycles. The first kappa shape index (κ1) is 20.9. The Balaban J connectivity index is 1.64. The molecule has 0 bridgehead atoms. The average Bonchev–Trinajstić information content (AvgIpc) is 3.22. The number of rotatable bonds is 9. The van der Waals surface area contributed by atoms with Gasteiger partial charge in [-0.25, -0.2) is 4.98 Å². The van der Waals surface area contributed by atoms with Crippen molar-refractivity contribution in [2.45, 2.75) is 19.8 Å². The van der Waals surface area contributed by atoms with Crippen LogP contribution in [0.2, 0.25) is 0 Å². The van der Waals surface area contributed by atoms with Crippen molar-refractivity contribution in [1.29, 1.82) is 0 Å². The lowest BCUT2D eigenvalue weighted by molar-refractivity contribution is -0.130. The zero-order valence-electron chi connectivity index (χ0n) is 17.1. The number of methoxy groups -OCH3 is 2. The molecule has 0 saturated heterocycles. The van der Waals surface area contributed by atoms with Crippen LogP contribution in [0.25, 0.3) is 10.6 Å². The molecule has 3 aromatic rings. The molecule has 0 fully saturated rings. The number of nitrogens with zero attached hydrogens (tertiary/aromatic N) is 2. The Bertz CT molecular complexity index is 940. The number of likely N-dealkylation sites (N-methyl/N-ethyl adjacent to an activating group) is 1. The highest BCUT2D eigenvalue weighted by Crippen LogP contribution is 2.33. The van der Waals surface area contributed by atoms with Gasteiger partial charge in [-0.15, -0.1) is 11.3 Å². The van der Waals surface area contributed by atoms with E-state index in [0.29, 0.717) is 31.0 Å². The molecule has 0 spiro atoms. The third-order valence-corrected chi connectivity index (χ3v) is 5.70. The second-order valence-corrected chi connectivity index (χ2v) is 7.46. The van der Waals surface area contributed by atoms with Gasteiger partial charge in [0.2, 0.25) is 5.91 Å². The Morgan fingerprint density at radius 1 is 1.07 bits per heavy atom. The van der Waals surface area contributed by atoms with Crippen LogP contribution in [0.15, 0.2) is 53.9 Å². The largest absolute Gasteiger partial charge is 0.493 e. The molecule has 5 nitrogen and oxygen atoms in total. The monoisotopic (exact) mass is 410 g/mol. The lowest BCUT2D eigenvalue weighted by Crippen LogP contribution is -2.34. The maximum atomic E-state index is 12.7. The molecule has 0 atom stereocenters. The van der Waals surface area contributed by atoms with Crippen LogP contribution in [0.3, 0.4) is 0 Å². The molecule has 1 amide bonds. The van der Waals surface area contributed by atoms with Crippen LogP contribution in [0.4, 0.5) is 0 Å². The van der Waals surface area contributed by atoms with E-state index in [-0.39, 0.29) is 5.91 Å². The van der Waals surface area contributed by atoms with E-state index in [9.17, 15) is 4.79 Å². The van der Waals surface area contributed by atoms with Crippen molar-refractivity contribution < 1.29 is 14.3 Å². The Morgan fingerprint density at radius 3 is 2.52 bits per heavy atom. The highest BCUT2D eigenvalue weighted by Gasteiger charge is 2.15. The van der Waals surface area contributed by atoms with Gasteiger partial charge in [0, 0.05) is 24.0 Å². The van der Waals surface area contributed by atoms with E-state index in [0.717, 1.165) is 22.7 Å². The summed E-state index contributed by atoms with van der Waals surface area (Å²) in [4.78, 5) is 19.3. The average molecular weight is 411 g/mol. The topological polar surface area (TPSA) is 51.7 Å². The number of carbonyl (C=O) groups is 1. The maximum absolute atomic E-state index is 12.7. The summed E-state index contributed by atoms with van der Waals surface area (Å²) < 4.78 is 10.7. The number of hydrogen-bond donors (Lipinski definition) is 0. The van der Waals surface area contributed by atoms with Crippen LogP contribution in [-0.2, 0) is 17.6 Å². The van der Waals surface area contributed by atoms with Gasteiger partial charge in [-0.2, -0.15) is 0 Å². The van der Waals surface area contributed by atoms with Crippen LogP contribution in [0, 0.1) is 0 Å². The predicted octanol–water partition coefficient (Wildman–Crippen LogP) is 4.46. The fourth-order valence-corrected chi connectivity index (χ4v) is 3.94. The van der Waals surface area contributed by atoms with E-state index < -0.39 is 0 Å². The van der Waals surface area contributed by atoms with Crippen molar-refractivity contribution in [3.05, 3.63) is 65.2 Å². The Hall–Kier alpha value is -2.86. The second kappa shape index (κ2) is 10.1. The van der Waals surface area contributed by atoms with Crippen molar-refractivity contribution in [2.75, 3.05) is 27.3 Å². The number of carbonyl (C=O) groups excluding carboxylic acids is 1. The summed E-state index contributed by atoms with van der Waals surface area (Å²) in [6.45, 7) is 3.42. The van der Waals surface area contributed by atoms with Gasteiger partial charge in [0.1, 0.15) is 5.01 Å². The Morgan fingerprint density at radius 2 is 1.83 bits per heavy atom.